The molecule has 0 atom stereocenters. The van der Waals surface area contributed by atoms with Crippen molar-refractivity contribution in [3.05, 3.63) is 39.5 Å². The van der Waals surface area contributed by atoms with Crippen LogP contribution in [0.4, 0.5) is 0 Å². The normalized spacial score (nSPS) is 11.0. The van der Waals surface area contributed by atoms with Crippen LogP contribution in [0.15, 0.2) is 21.2 Å². The molecule has 2 N–H and O–H groups in total. The van der Waals surface area contributed by atoms with Gasteiger partial charge in [0.05, 0.1) is 28.7 Å². The lowest BCUT2D eigenvalue weighted by Gasteiger charge is -2.03. The number of aryl methyl sites for hydroxylation is 1. The molecular weight excluding hydrogens is 270 g/mol. The summed E-state index contributed by atoms with van der Waals surface area (Å²) < 4.78 is 8.37. The van der Waals surface area contributed by atoms with Crippen molar-refractivity contribution in [3.8, 4) is 0 Å². The minimum Gasteiger partial charge on any atom is -0.467 e. The van der Waals surface area contributed by atoms with Crippen LogP contribution in [-0.2, 0) is 13.1 Å². The standard InChI is InChI=1S/C11H14BrN3O/c1-7-11(12)8(2)15(14-7)6-10-9(5-13)3-4-16-10/h3-4H,5-6,13H2,1-2H3. The zero-order valence-electron chi connectivity index (χ0n) is 9.33. The second-order valence-electron chi connectivity index (χ2n) is 3.72. The maximum atomic E-state index is 5.62. The molecule has 2 aromatic rings. The molecule has 0 fully saturated rings. The molecule has 16 heavy (non-hydrogen) atoms. The van der Waals surface area contributed by atoms with Gasteiger partial charge in [-0.05, 0) is 35.8 Å². The first-order valence-electron chi connectivity index (χ1n) is 5.08. The van der Waals surface area contributed by atoms with Gasteiger partial charge in [-0.1, -0.05) is 0 Å². The highest BCUT2D eigenvalue weighted by molar-refractivity contribution is 9.10. The Balaban J connectivity index is 2.30. The van der Waals surface area contributed by atoms with Gasteiger partial charge >= 0.3 is 0 Å². The molecule has 2 heterocycles. The Bertz CT molecular complexity index is 501. The molecule has 0 bridgehead atoms. The Morgan fingerprint density at radius 3 is 2.81 bits per heavy atom. The number of nitrogens with zero attached hydrogens (tertiary/aromatic N) is 2. The van der Waals surface area contributed by atoms with E-state index < -0.39 is 0 Å². The molecule has 4 nitrogen and oxygen atoms in total. The fraction of sp³-hybridized carbons (Fsp3) is 0.364. The molecule has 0 saturated carbocycles. The van der Waals surface area contributed by atoms with Crippen molar-refractivity contribution in [1.82, 2.24) is 9.78 Å². The van der Waals surface area contributed by atoms with Crippen LogP contribution in [-0.4, -0.2) is 9.78 Å². The van der Waals surface area contributed by atoms with Crippen LogP contribution in [0.5, 0.6) is 0 Å². The number of halogens is 1. The van der Waals surface area contributed by atoms with E-state index in [0.717, 1.165) is 27.2 Å². The van der Waals surface area contributed by atoms with Crippen molar-refractivity contribution in [2.24, 2.45) is 5.73 Å². The van der Waals surface area contributed by atoms with E-state index in [1.807, 2.05) is 24.6 Å². The third kappa shape index (κ3) is 1.92. The van der Waals surface area contributed by atoms with E-state index in [0.29, 0.717) is 13.1 Å². The third-order valence-electron chi connectivity index (χ3n) is 2.64. The van der Waals surface area contributed by atoms with E-state index in [1.165, 1.54) is 0 Å². The summed E-state index contributed by atoms with van der Waals surface area (Å²) in [5, 5.41) is 4.43. The minimum absolute atomic E-state index is 0.492. The lowest BCUT2D eigenvalue weighted by atomic mass is 10.2. The number of aromatic nitrogens is 2. The summed E-state index contributed by atoms with van der Waals surface area (Å²) >= 11 is 3.50. The molecule has 0 aliphatic carbocycles. The van der Waals surface area contributed by atoms with Crippen LogP contribution in [0.25, 0.3) is 0 Å². The molecule has 0 aliphatic rings. The van der Waals surface area contributed by atoms with Crippen LogP contribution < -0.4 is 5.73 Å². The topological polar surface area (TPSA) is 57.0 Å². The minimum atomic E-state index is 0.492. The molecule has 2 aromatic heterocycles. The monoisotopic (exact) mass is 283 g/mol. The quantitative estimate of drug-likeness (QED) is 0.941. The summed E-state index contributed by atoms with van der Waals surface area (Å²) in [6.45, 7) is 5.11. The molecule has 0 saturated heterocycles. The summed E-state index contributed by atoms with van der Waals surface area (Å²) in [7, 11) is 0. The maximum Gasteiger partial charge on any atom is 0.129 e. The smallest absolute Gasteiger partial charge is 0.129 e. The second-order valence-corrected chi connectivity index (χ2v) is 4.51. The van der Waals surface area contributed by atoms with Crippen LogP contribution >= 0.6 is 15.9 Å². The van der Waals surface area contributed by atoms with E-state index in [4.69, 9.17) is 10.2 Å². The molecule has 0 amide bonds. The van der Waals surface area contributed by atoms with Gasteiger partial charge in [-0.15, -0.1) is 0 Å². The Kier molecular flexibility index (Phi) is 3.16. The Labute approximate surface area is 103 Å². The van der Waals surface area contributed by atoms with Crippen LogP contribution in [0.2, 0.25) is 0 Å². The summed E-state index contributed by atoms with van der Waals surface area (Å²) in [5.74, 6) is 0.876. The average molecular weight is 284 g/mol. The first-order valence-corrected chi connectivity index (χ1v) is 5.87. The van der Waals surface area contributed by atoms with Gasteiger partial charge < -0.3 is 10.2 Å². The zero-order valence-corrected chi connectivity index (χ0v) is 10.9. The highest BCUT2D eigenvalue weighted by Gasteiger charge is 2.12. The number of rotatable bonds is 3. The number of furan rings is 1. The van der Waals surface area contributed by atoms with Gasteiger partial charge in [0.15, 0.2) is 0 Å². The van der Waals surface area contributed by atoms with E-state index >= 15 is 0 Å². The molecule has 0 aromatic carbocycles. The number of nitrogens with two attached hydrogens (primary N) is 1. The predicted octanol–water partition coefficient (Wildman–Crippen LogP) is 2.36. The van der Waals surface area contributed by atoms with E-state index in [-0.39, 0.29) is 0 Å². The lowest BCUT2D eigenvalue weighted by Crippen LogP contribution is -2.06. The SMILES string of the molecule is Cc1nn(Cc2occc2CN)c(C)c1Br. The van der Waals surface area contributed by atoms with Gasteiger partial charge in [0, 0.05) is 12.1 Å². The first-order chi connectivity index (χ1) is 7.63. The molecule has 0 radical (unpaired) electrons. The van der Waals surface area contributed by atoms with E-state index in [1.54, 1.807) is 6.26 Å². The fourth-order valence-corrected chi connectivity index (χ4v) is 1.94. The summed E-state index contributed by atoms with van der Waals surface area (Å²) in [5.41, 5.74) is 8.73. The zero-order chi connectivity index (χ0) is 11.7. The summed E-state index contributed by atoms with van der Waals surface area (Å²) in [6.07, 6.45) is 1.66. The van der Waals surface area contributed by atoms with Crippen molar-refractivity contribution in [1.29, 1.82) is 0 Å². The second kappa shape index (κ2) is 4.43. The van der Waals surface area contributed by atoms with Gasteiger partial charge in [0.25, 0.3) is 0 Å². The van der Waals surface area contributed by atoms with Crippen LogP contribution in [0.1, 0.15) is 22.7 Å². The van der Waals surface area contributed by atoms with Crippen molar-refractivity contribution in [2.45, 2.75) is 26.9 Å². The van der Waals surface area contributed by atoms with E-state index in [9.17, 15) is 0 Å². The Morgan fingerprint density at radius 1 is 1.50 bits per heavy atom. The van der Waals surface area contributed by atoms with Gasteiger partial charge in [-0.25, -0.2) is 0 Å². The number of hydrogen-bond acceptors (Lipinski definition) is 3. The number of hydrogen-bond donors (Lipinski definition) is 1. The lowest BCUT2D eigenvalue weighted by molar-refractivity contribution is 0.471. The molecule has 0 aliphatic heterocycles. The first kappa shape index (κ1) is 11.4. The van der Waals surface area contributed by atoms with Crippen molar-refractivity contribution < 1.29 is 4.42 Å². The third-order valence-corrected chi connectivity index (χ3v) is 3.79. The molecule has 2 rings (SSSR count). The summed E-state index contributed by atoms with van der Waals surface area (Å²) in [6, 6.07) is 1.90. The summed E-state index contributed by atoms with van der Waals surface area (Å²) in [4.78, 5) is 0. The highest BCUT2D eigenvalue weighted by atomic mass is 79.9. The highest BCUT2D eigenvalue weighted by Crippen LogP contribution is 2.21. The molecule has 5 heteroatoms. The van der Waals surface area contributed by atoms with Gasteiger partial charge in [-0.2, -0.15) is 5.10 Å². The van der Waals surface area contributed by atoms with Gasteiger partial charge in [0.2, 0.25) is 0 Å². The Hall–Kier alpha value is -1.07. The van der Waals surface area contributed by atoms with Crippen molar-refractivity contribution >= 4 is 15.9 Å². The average Bonchev–Trinajstić information content (AvgIpc) is 2.81. The Morgan fingerprint density at radius 2 is 2.25 bits per heavy atom. The molecule has 86 valence electrons. The molecular formula is C11H14BrN3O. The van der Waals surface area contributed by atoms with Crippen molar-refractivity contribution in [3.63, 3.8) is 0 Å². The van der Waals surface area contributed by atoms with Crippen LogP contribution in [0.3, 0.4) is 0 Å². The van der Waals surface area contributed by atoms with Gasteiger partial charge in [0.1, 0.15) is 5.76 Å². The van der Waals surface area contributed by atoms with E-state index in [2.05, 4.69) is 21.0 Å². The van der Waals surface area contributed by atoms with Crippen LogP contribution in [0, 0.1) is 13.8 Å². The van der Waals surface area contributed by atoms with Gasteiger partial charge in [-0.3, -0.25) is 4.68 Å². The molecule has 0 spiro atoms. The largest absolute Gasteiger partial charge is 0.467 e. The predicted molar refractivity (Wildman–Crippen MR) is 65.1 cm³/mol. The molecule has 0 unspecified atom stereocenters. The van der Waals surface area contributed by atoms with Crippen molar-refractivity contribution in [2.75, 3.05) is 0 Å². The fourth-order valence-electron chi connectivity index (χ4n) is 1.65. The maximum absolute atomic E-state index is 5.62.